The molecule has 0 N–H and O–H groups in total. The lowest BCUT2D eigenvalue weighted by molar-refractivity contribution is 0.596. The quantitative estimate of drug-likeness (QED) is 0.802. The second-order valence-corrected chi connectivity index (χ2v) is 8.13. The van der Waals surface area contributed by atoms with E-state index in [4.69, 9.17) is 0 Å². The highest BCUT2D eigenvalue weighted by Gasteiger charge is 2.18. The van der Waals surface area contributed by atoms with Crippen molar-refractivity contribution in [1.29, 1.82) is 0 Å². The summed E-state index contributed by atoms with van der Waals surface area (Å²) in [6, 6.07) is 13.7. The van der Waals surface area contributed by atoms with E-state index in [9.17, 15) is 8.42 Å². The lowest BCUT2D eigenvalue weighted by Crippen LogP contribution is -2.08. The smallest absolute Gasteiger partial charge is 0.206 e. The van der Waals surface area contributed by atoms with Crippen LogP contribution in [0.15, 0.2) is 67.8 Å². The van der Waals surface area contributed by atoms with Crippen LogP contribution in [0.2, 0.25) is 0 Å². The second-order valence-electron chi connectivity index (χ2n) is 5.27. The zero-order valence-corrected chi connectivity index (χ0v) is 14.4. The van der Waals surface area contributed by atoms with E-state index in [0.717, 1.165) is 41.6 Å². The van der Waals surface area contributed by atoms with Crippen LogP contribution in [0.25, 0.3) is 0 Å². The monoisotopic (exact) mass is 377 g/mol. The molecule has 0 unspecified atom stereocenters. The van der Waals surface area contributed by atoms with Gasteiger partial charge in [0.15, 0.2) is 0 Å². The summed E-state index contributed by atoms with van der Waals surface area (Å²) in [5, 5.41) is 0. The first-order valence-electron chi connectivity index (χ1n) is 7.22. The maximum absolute atomic E-state index is 12.6. The maximum Gasteiger partial charge on any atom is 0.206 e. The third-order valence-corrected chi connectivity index (χ3v) is 6.06. The zero-order valence-electron chi connectivity index (χ0n) is 12.0. The fourth-order valence-electron chi connectivity index (χ4n) is 2.51. The van der Waals surface area contributed by atoms with Crippen LogP contribution in [0.1, 0.15) is 24.8 Å². The molecule has 5 heteroatoms. The van der Waals surface area contributed by atoms with Crippen molar-refractivity contribution in [2.24, 2.45) is 4.99 Å². The minimum atomic E-state index is -3.46. The van der Waals surface area contributed by atoms with Gasteiger partial charge in [-0.3, -0.25) is 4.99 Å². The molecular formula is C17H16BrNO2S. The summed E-state index contributed by atoms with van der Waals surface area (Å²) < 4.78 is 26.0. The van der Waals surface area contributed by atoms with Gasteiger partial charge in [-0.05, 0) is 61.2 Å². The van der Waals surface area contributed by atoms with E-state index in [1.54, 1.807) is 36.4 Å². The van der Waals surface area contributed by atoms with E-state index >= 15 is 0 Å². The first-order chi connectivity index (χ1) is 10.6. The van der Waals surface area contributed by atoms with E-state index < -0.39 is 9.84 Å². The van der Waals surface area contributed by atoms with Crippen molar-refractivity contribution in [2.75, 3.05) is 6.54 Å². The molecule has 1 aliphatic rings. The lowest BCUT2D eigenvalue weighted by atomic mass is 10.0. The molecule has 114 valence electrons. The van der Waals surface area contributed by atoms with Crippen molar-refractivity contribution >= 4 is 31.5 Å². The lowest BCUT2D eigenvalue weighted by Gasteiger charge is -2.12. The summed E-state index contributed by atoms with van der Waals surface area (Å²) in [7, 11) is -3.46. The summed E-state index contributed by atoms with van der Waals surface area (Å²) in [6.45, 7) is 0.869. The Hall–Kier alpha value is -1.46. The molecule has 3 rings (SSSR count). The van der Waals surface area contributed by atoms with Crippen molar-refractivity contribution in [3.05, 3.63) is 58.6 Å². The number of rotatable bonds is 3. The number of halogens is 1. The van der Waals surface area contributed by atoms with Gasteiger partial charge in [0.05, 0.1) is 9.79 Å². The summed E-state index contributed by atoms with van der Waals surface area (Å²) in [5.74, 6) is 0. The predicted molar refractivity (Wildman–Crippen MR) is 91.3 cm³/mol. The Labute approximate surface area is 139 Å². The standard InChI is InChI=1S/C17H16BrNO2S/c18-14-6-10-16(11-7-14)22(20,21)15-8-4-13(5-9-15)17-3-1-2-12-19-17/h4-11H,1-3,12H2. The summed E-state index contributed by atoms with van der Waals surface area (Å²) in [5.41, 5.74) is 2.10. The van der Waals surface area contributed by atoms with E-state index in [1.807, 2.05) is 12.1 Å². The van der Waals surface area contributed by atoms with Crippen LogP contribution in [0.4, 0.5) is 0 Å². The van der Waals surface area contributed by atoms with Crippen LogP contribution in [-0.2, 0) is 9.84 Å². The molecule has 0 aliphatic carbocycles. The average molecular weight is 378 g/mol. The Bertz CT molecular complexity index is 794. The van der Waals surface area contributed by atoms with Crippen molar-refractivity contribution in [1.82, 2.24) is 0 Å². The van der Waals surface area contributed by atoms with E-state index in [1.165, 1.54) is 0 Å². The molecule has 0 amide bonds. The summed E-state index contributed by atoms with van der Waals surface area (Å²) in [6.07, 6.45) is 3.26. The zero-order chi connectivity index (χ0) is 15.6. The van der Waals surface area contributed by atoms with E-state index in [0.29, 0.717) is 9.79 Å². The molecule has 22 heavy (non-hydrogen) atoms. The number of nitrogens with zero attached hydrogens (tertiary/aromatic N) is 1. The van der Waals surface area contributed by atoms with E-state index in [2.05, 4.69) is 20.9 Å². The molecule has 0 saturated heterocycles. The highest BCUT2D eigenvalue weighted by molar-refractivity contribution is 9.10. The SMILES string of the molecule is O=S(=O)(c1ccc(Br)cc1)c1ccc(C2=NCCCC2)cc1. The average Bonchev–Trinajstić information content (AvgIpc) is 2.56. The summed E-state index contributed by atoms with van der Waals surface area (Å²) in [4.78, 5) is 5.14. The van der Waals surface area contributed by atoms with Gasteiger partial charge < -0.3 is 0 Å². The third kappa shape index (κ3) is 3.15. The molecule has 0 fully saturated rings. The molecule has 2 aromatic carbocycles. The highest BCUT2D eigenvalue weighted by Crippen LogP contribution is 2.23. The molecule has 2 aromatic rings. The van der Waals surface area contributed by atoms with Gasteiger partial charge in [0.1, 0.15) is 0 Å². The van der Waals surface area contributed by atoms with Gasteiger partial charge in [-0.15, -0.1) is 0 Å². The first kappa shape index (κ1) is 15.4. The van der Waals surface area contributed by atoms with Gasteiger partial charge in [-0.25, -0.2) is 8.42 Å². The van der Waals surface area contributed by atoms with Crippen LogP contribution < -0.4 is 0 Å². The van der Waals surface area contributed by atoms with Crippen molar-refractivity contribution in [3.8, 4) is 0 Å². The van der Waals surface area contributed by atoms with Gasteiger partial charge >= 0.3 is 0 Å². The number of hydrogen-bond donors (Lipinski definition) is 0. The maximum atomic E-state index is 12.6. The van der Waals surface area contributed by atoms with Crippen LogP contribution >= 0.6 is 15.9 Å². The molecule has 0 bridgehead atoms. The molecule has 1 heterocycles. The highest BCUT2D eigenvalue weighted by atomic mass is 79.9. The first-order valence-corrected chi connectivity index (χ1v) is 9.49. The van der Waals surface area contributed by atoms with Gasteiger partial charge in [-0.2, -0.15) is 0 Å². The topological polar surface area (TPSA) is 46.5 Å². The van der Waals surface area contributed by atoms with Crippen LogP contribution in [0.5, 0.6) is 0 Å². The van der Waals surface area contributed by atoms with Gasteiger partial charge in [0.25, 0.3) is 0 Å². The van der Waals surface area contributed by atoms with Crippen LogP contribution in [0, 0.1) is 0 Å². The van der Waals surface area contributed by atoms with Crippen molar-refractivity contribution < 1.29 is 8.42 Å². The Balaban J connectivity index is 1.91. The molecule has 0 atom stereocenters. The molecule has 1 aliphatic heterocycles. The fraction of sp³-hybridized carbons (Fsp3) is 0.235. The third-order valence-electron chi connectivity index (χ3n) is 3.75. The number of hydrogen-bond acceptors (Lipinski definition) is 3. The van der Waals surface area contributed by atoms with Gasteiger partial charge in [0, 0.05) is 16.7 Å². The van der Waals surface area contributed by atoms with Crippen LogP contribution in [-0.4, -0.2) is 20.7 Å². The molecule has 0 saturated carbocycles. The molecule has 0 spiro atoms. The Morgan fingerprint density at radius 3 is 2.00 bits per heavy atom. The molecule has 0 radical (unpaired) electrons. The molecule has 3 nitrogen and oxygen atoms in total. The summed E-state index contributed by atoms with van der Waals surface area (Å²) >= 11 is 3.31. The van der Waals surface area contributed by atoms with Gasteiger partial charge in [0.2, 0.25) is 9.84 Å². The minimum Gasteiger partial charge on any atom is -0.289 e. The number of sulfone groups is 1. The number of aliphatic imine (C=N–C) groups is 1. The minimum absolute atomic E-state index is 0.304. The Morgan fingerprint density at radius 1 is 0.864 bits per heavy atom. The Kier molecular flexibility index (Phi) is 4.45. The molecular weight excluding hydrogens is 362 g/mol. The van der Waals surface area contributed by atoms with Crippen molar-refractivity contribution in [2.45, 2.75) is 29.1 Å². The Morgan fingerprint density at radius 2 is 1.45 bits per heavy atom. The fourth-order valence-corrected chi connectivity index (χ4v) is 4.03. The molecule has 0 aromatic heterocycles. The van der Waals surface area contributed by atoms with Crippen LogP contribution in [0.3, 0.4) is 0 Å². The largest absolute Gasteiger partial charge is 0.289 e. The van der Waals surface area contributed by atoms with Gasteiger partial charge in [-0.1, -0.05) is 28.1 Å². The van der Waals surface area contributed by atoms with Crippen molar-refractivity contribution in [3.63, 3.8) is 0 Å². The number of benzene rings is 2. The van der Waals surface area contributed by atoms with E-state index in [-0.39, 0.29) is 0 Å². The predicted octanol–water partition coefficient (Wildman–Crippen LogP) is 4.25. The second kappa shape index (κ2) is 6.34. The normalized spacial score (nSPS) is 15.4.